The van der Waals surface area contributed by atoms with Gasteiger partial charge in [0.15, 0.2) is 0 Å². The predicted molar refractivity (Wildman–Crippen MR) is 55.6 cm³/mol. The first kappa shape index (κ1) is 10.7. The number of aliphatic hydroxyl groups excluding tert-OH is 1. The van der Waals surface area contributed by atoms with Gasteiger partial charge in [0.2, 0.25) is 0 Å². The van der Waals surface area contributed by atoms with Crippen LogP contribution in [-0.4, -0.2) is 32.0 Å². The van der Waals surface area contributed by atoms with E-state index in [2.05, 4.69) is 5.32 Å². The Balaban J connectivity index is 2.23. The molecule has 4 heteroatoms. The van der Waals surface area contributed by atoms with E-state index in [1.54, 1.807) is 0 Å². The lowest BCUT2D eigenvalue weighted by atomic mass is 9.78. The number of aryl methyl sites for hydroxylation is 1. The number of ether oxygens (including phenoxy) is 1. The summed E-state index contributed by atoms with van der Waals surface area (Å²) in [7, 11) is 1.87. The summed E-state index contributed by atoms with van der Waals surface area (Å²) in [6.45, 7) is 3.18. The summed E-state index contributed by atoms with van der Waals surface area (Å²) in [4.78, 5) is 0. The van der Waals surface area contributed by atoms with Crippen LogP contribution in [-0.2, 0) is 4.74 Å². The summed E-state index contributed by atoms with van der Waals surface area (Å²) >= 11 is 0. The van der Waals surface area contributed by atoms with Gasteiger partial charge >= 0.3 is 0 Å². The molecule has 1 aliphatic rings. The van der Waals surface area contributed by atoms with E-state index in [-0.39, 0.29) is 18.1 Å². The van der Waals surface area contributed by atoms with Crippen LogP contribution in [0.25, 0.3) is 0 Å². The standard InChI is InChI=1S/C11H17NO3/c1-8-3-4-9(15-8)10(12-2)11(5-13)6-14-7-11/h3-4,10,12-13H,5-7H2,1-2H3. The molecule has 1 aromatic heterocycles. The molecule has 1 aliphatic heterocycles. The summed E-state index contributed by atoms with van der Waals surface area (Å²) in [5.74, 6) is 1.76. The van der Waals surface area contributed by atoms with Gasteiger partial charge in [0.1, 0.15) is 11.5 Å². The molecule has 2 N–H and O–H groups in total. The van der Waals surface area contributed by atoms with Gasteiger partial charge in [-0.15, -0.1) is 0 Å². The van der Waals surface area contributed by atoms with Gasteiger partial charge in [0.05, 0.1) is 31.3 Å². The van der Waals surface area contributed by atoms with Crippen molar-refractivity contribution in [2.75, 3.05) is 26.9 Å². The van der Waals surface area contributed by atoms with Crippen LogP contribution in [0.1, 0.15) is 17.6 Å². The van der Waals surface area contributed by atoms with Crippen LogP contribution >= 0.6 is 0 Å². The molecule has 15 heavy (non-hydrogen) atoms. The third-order valence-electron chi connectivity index (χ3n) is 3.04. The second-order valence-corrected chi connectivity index (χ2v) is 4.18. The molecule has 0 bridgehead atoms. The third-order valence-corrected chi connectivity index (χ3v) is 3.04. The second kappa shape index (κ2) is 3.96. The van der Waals surface area contributed by atoms with Crippen molar-refractivity contribution in [1.29, 1.82) is 0 Å². The average molecular weight is 211 g/mol. The smallest absolute Gasteiger partial charge is 0.121 e. The molecular formula is C11H17NO3. The minimum atomic E-state index is -0.223. The molecule has 0 amide bonds. The SMILES string of the molecule is CNC(c1ccc(C)o1)C1(CO)COC1. The Bertz CT molecular complexity index is 325. The van der Waals surface area contributed by atoms with Crippen LogP contribution in [0.15, 0.2) is 16.5 Å². The normalized spacial score (nSPS) is 21.0. The summed E-state index contributed by atoms with van der Waals surface area (Å²) in [6, 6.07) is 3.90. The van der Waals surface area contributed by atoms with Crippen LogP contribution < -0.4 is 5.32 Å². The highest BCUT2D eigenvalue weighted by Crippen LogP contribution is 2.40. The zero-order valence-corrected chi connectivity index (χ0v) is 9.12. The maximum absolute atomic E-state index is 9.44. The molecular weight excluding hydrogens is 194 g/mol. The molecule has 0 spiro atoms. The third kappa shape index (κ3) is 1.69. The van der Waals surface area contributed by atoms with Crippen molar-refractivity contribution in [3.63, 3.8) is 0 Å². The number of furan rings is 1. The number of hydrogen-bond acceptors (Lipinski definition) is 4. The Kier molecular flexibility index (Phi) is 2.82. The van der Waals surface area contributed by atoms with E-state index in [9.17, 15) is 5.11 Å². The van der Waals surface area contributed by atoms with Gasteiger partial charge in [-0.05, 0) is 26.1 Å². The molecule has 2 heterocycles. The number of aliphatic hydroxyl groups is 1. The van der Waals surface area contributed by atoms with Gasteiger partial charge in [-0.25, -0.2) is 0 Å². The van der Waals surface area contributed by atoms with Crippen molar-refractivity contribution >= 4 is 0 Å². The van der Waals surface area contributed by atoms with Crippen molar-refractivity contribution < 1.29 is 14.3 Å². The van der Waals surface area contributed by atoms with Crippen LogP contribution in [0.5, 0.6) is 0 Å². The Labute approximate surface area is 89.2 Å². The van der Waals surface area contributed by atoms with Gasteiger partial charge < -0.3 is 19.6 Å². The summed E-state index contributed by atoms with van der Waals surface area (Å²) in [6.07, 6.45) is 0. The maximum Gasteiger partial charge on any atom is 0.121 e. The quantitative estimate of drug-likeness (QED) is 0.775. The van der Waals surface area contributed by atoms with Gasteiger partial charge in [0, 0.05) is 0 Å². The van der Waals surface area contributed by atoms with Crippen molar-refractivity contribution in [1.82, 2.24) is 5.32 Å². The summed E-state index contributed by atoms with van der Waals surface area (Å²) < 4.78 is 10.8. The minimum absolute atomic E-state index is 0.0185. The van der Waals surface area contributed by atoms with Crippen molar-refractivity contribution in [3.8, 4) is 0 Å². The molecule has 1 atom stereocenters. The maximum atomic E-state index is 9.44. The van der Waals surface area contributed by atoms with Crippen molar-refractivity contribution in [2.24, 2.45) is 5.41 Å². The zero-order valence-electron chi connectivity index (χ0n) is 9.12. The van der Waals surface area contributed by atoms with Crippen LogP contribution in [0, 0.1) is 12.3 Å². The molecule has 0 aliphatic carbocycles. The van der Waals surface area contributed by atoms with E-state index < -0.39 is 0 Å². The first-order valence-corrected chi connectivity index (χ1v) is 5.14. The lowest BCUT2D eigenvalue weighted by molar-refractivity contribution is -0.158. The van der Waals surface area contributed by atoms with Gasteiger partial charge in [-0.3, -0.25) is 0 Å². The summed E-state index contributed by atoms with van der Waals surface area (Å²) in [5, 5.41) is 12.6. The number of hydrogen-bond donors (Lipinski definition) is 2. The Morgan fingerprint density at radius 2 is 2.27 bits per heavy atom. The molecule has 1 unspecified atom stereocenters. The van der Waals surface area contributed by atoms with Crippen molar-refractivity contribution in [2.45, 2.75) is 13.0 Å². The lowest BCUT2D eigenvalue weighted by Gasteiger charge is -2.44. The average Bonchev–Trinajstić information content (AvgIpc) is 2.58. The first-order valence-electron chi connectivity index (χ1n) is 5.14. The fourth-order valence-corrected chi connectivity index (χ4v) is 2.07. The highest BCUT2D eigenvalue weighted by Gasteiger charge is 2.46. The Morgan fingerprint density at radius 3 is 2.60 bits per heavy atom. The van der Waals surface area contributed by atoms with E-state index >= 15 is 0 Å². The van der Waals surface area contributed by atoms with E-state index in [0.717, 1.165) is 11.5 Å². The lowest BCUT2D eigenvalue weighted by Crippen LogP contribution is -2.53. The molecule has 0 radical (unpaired) electrons. The highest BCUT2D eigenvalue weighted by atomic mass is 16.5. The molecule has 1 saturated heterocycles. The minimum Gasteiger partial charge on any atom is -0.465 e. The molecule has 0 aromatic carbocycles. The molecule has 2 rings (SSSR count). The summed E-state index contributed by atoms with van der Waals surface area (Å²) in [5.41, 5.74) is -0.223. The van der Waals surface area contributed by atoms with Crippen LogP contribution in [0.2, 0.25) is 0 Å². The number of nitrogens with one attached hydrogen (secondary N) is 1. The van der Waals surface area contributed by atoms with Crippen LogP contribution in [0.3, 0.4) is 0 Å². The first-order chi connectivity index (χ1) is 7.22. The molecule has 84 valence electrons. The molecule has 1 fully saturated rings. The Morgan fingerprint density at radius 1 is 1.53 bits per heavy atom. The predicted octanol–water partition coefficient (Wildman–Crippen LogP) is 0.857. The van der Waals surface area contributed by atoms with E-state index in [4.69, 9.17) is 9.15 Å². The Hall–Kier alpha value is -0.840. The van der Waals surface area contributed by atoms with Gasteiger partial charge in [0.25, 0.3) is 0 Å². The molecule has 4 nitrogen and oxygen atoms in total. The van der Waals surface area contributed by atoms with Crippen LogP contribution in [0.4, 0.5) is 0 Å². The van der Waals surface area contributed by atoms with Gasteiger partial charge in [-0.2, -0.15) is 0 Å². The fraction of sp³-hybridized carbons (Fsp3) is 0.636. The molecule has 0 saturated carbocycles. The van der Waals surface area contributed by atoms with E-state index in [0.29, 0.717) is 13.2 Å². The van der Waals surface area contributed by atoms with E-state index in [1.807, 2.05) is 26.1 Å². The van der Waals surface area contributed by atoms with E-state index in [1.165, 1.54) is 0 Å². The second-order valence-electron chi connectivity index (χ2n) is 4.18. The molecule has 1 aromatic rings. The largest absolute Gasteiger partial charge is 0.465 e. The zero-order chi connectivity index (χ0) is 10.9. The van der Waals surface area contributed by atoms with Gasteiger partial charge in [-0.1, -0.05) is 0 Å². The highest BCUT2D eigenvalue weighted by molar-refractivity contribution is 5.15. The number of rotatable bonds is 4. The monoisotopic (exact) mass is 211 g/mol. The fourth-order valence-electron chi connectivity index (χ4n) is 2.07. The topological polar surface area (TPSA) is 54.6 Å². The van der Waals surface area contributed by atoms with Crippen molar-refractivity contribution in [3.05, 3.63) is 23.7 Å².